The van der Waals surface area contributed by atoms with Crippen LogP contribution in [0.25, 0.3) is 16.0 Å². The van der Waals surface area contributed by atoms with Gasteiger partial charge in [-0.25, -0.2) is 27.2 Å². The molecule has 15 heteroatoms. The van der Waals surface area contributed by atoms with Gasteiger partial charge in [0.2, 0.25) is 5.13 Å². The van der Waals surface area contributed by atoms with Crippen molar-refractivity contribution < 1.29 is 17.8 Å². The number of anilines is 1. The zero-order chi connectivity index (χ0) is 26.5. The van der Waals surface area contributed by atoms with Crippen molar-refractivity contribution in [3.8, 4) is 11.2 Å². The maximum Gasteiger partial charge on any atom is 0.319 e. The van der Waals surface area contributed by atoms with E-state index in [1.165, 1.54) is 4.68 Å². The molecule has 1 aliphatic heterocycles. The third-order valence-electron chi connectivity index (χ3n) is 6.50. The van der Waals surface area contributed by atoms with E-state index in [-0.39, 0.29) is 17.2 Å². The third-order valence-corrected chi connectivity index (χ3v) is 8.65. The summed E-state index contributed by atoms with van der Waals surface area (Å²) in [6.07, 6.45) is 0.0962. The number of urea groups is 1. The van der Waals surface area contributed by atoms with Gasteiger partial charge in [0.25, 0.3) is 6.43 Å². The molecule has 2 amide bonds. The smallest absolute Gasteiger partial charge is 0.319 e. The van der Waals surface area contributed by atoms with Crippen molar-refractivity contribution in [1.29, 1.82) is 5.26 Å². The highest BCUT2D eigenvalue weighted by molar-refractivity contribution is 7.83. The largest absolute Gasteiger partial charge is 0.367 e. The van der Waals surface area contributed by atoms with Crippen LogP contribution >= 0.6 is 11.3 Å². The number of fused-ring (bicyclic) bond motifs is 1. The number of aromatic nitrogens is 4. The molecule has 0 bridgehead atoms. The summed E-state index contributed by atoms with van der Waals surface area (Å²) in [5.41, 5.74) is 0.470. The van der Waals surface area contributed by atoms with E-state index < -0.39 is 28.0 Å². The van der Waals surface area contributed by atoms with Crippen molar-refractivity contribution in [2.75, 3.05) is 38.6 Å². The van der Waals surface area contributed by atoms with Crippen LogP contribution in [0.5, 0.6) is 0 Å². The normalized spacial score (nSPS) is 19.8. The van der Waals surface area contributed by atoms with Crippen LogP contribution in [0.4, 0.5) is 19.3 Å². The topological polar surface area (TPSA) is 123 Å². The maximum atomic E-state index is 13.3. The summed E-state index contributed by atoms with van der Waals surface area (Å²) in [7, 11) is 1.72. The van der Waals surface area contributed by atoms with Gasteiger partial charge in [0.15, 0.2) is 5.01 Å². The lowest BCUT2D eigenvalue weighted by atomic mass is 10.1. The standard InChI is InChI=1S/C22H25F2N9O2S2/c1-13-11-31(6-7-32(13)21(34)30(2)3)16-8-14(37(35)29-22(12-25)4-5-22)9-17-15(16)10-26-33(17)20-28-27-19(36-20)18(23)24/h8-10,13,18,29H,4-7,11H2,1-3H3. The third kappa shape index (κ3) is 4.76. The number of hydrogen-bond donors (Lipinski definition) is 1. The van der Waals surface area contributed by atoms with Crippen LogP contribution in [0.3, 0.4) is 0 Å². The molecule has 2 fully saturated rings. The number of rotatable bonds is 6. The van der Waals surface area contributed by atoms with Crippen molar-refractivity contribution >= 4 is 44.9 Å². The highest BCUT2D eigenvalue weighted by Crippen LogP contribution is 2.37. The summed E-state index contributed by atoms with van der Waals surface area (Å²) in [5, 5.41) is 21.7. The Morgan fingerprint density at radius 1 is 1.32 bits per heavy atom. The zero-order valence-electron chi connectivity index (χ0n) is 20.4. The van der Waals surface area contributed by atoms with Gasteiger partial charge in [-0.1, -0.05) is 11.3 Å². The number of piperazine rings is 1. The Hall–Kier alpha value is -3.22. The van der Waals surface area contributed by atoms with Gasteiger partial charge >= 0.3 is 6.03 Å². The Bertz CT molecular complexity index is 1410. The van der Waals surface area contributed by atoms with E-state index in [1.54, 1.807) is 42.2 Å². The molecule has 1 N–H and O–H groups in total. The molecule has 1 saturated heterocycles. The first-order valence-corrected chi connectivity index (χ1v) is 13.6. The predicted molar refractivity (Wildman–Crippen MR) is 134 cm³/mol. The Kier molecular flexibility index (Phi) is 6.59. The molecule has 2 unspecified atom stereocenters. The maximum absolute atomic E-state index is 13.3. The van der Waals surface area contributed by atoms with Crippen molar-refractivity contribution in [3.63, 3.8) is 0 Å². The number of benzene rings is 1. The second-order valence-electron chi connectivity index (χ2n) is 9.39. The van der Waals surface area contributed by atoms with Crippen molar-refractivity contribution in [1.82, 2.24) is 34.5 Å². The number of alkyl halides is 2. The van der Waals surface area contributed by atoms with Crippen LogP contribution in [0, 0.1) is 11.3 Å². The molecule has 11 nitrogen and oxygen atoms in total. The molecule has 5 rings (SSSR count). The lowest BCUT2D eigenvalue weighted by molar-refractivity contribution is 0.147. The van der Waals surface area contributed by atoms with E-state index in [0.29, 0.717) is 42.9 Å². The molecule has 0 radical (unpaired) electrons. The highest BCUT2D eigenvalue weighted by Gasteiger charge is 2.45. The monoisotopic (exact) mass is 549 g/mol. The lowest BCUT2D eigenvalue weighted by Gasteiger charge is -2.42. The number of nitriles is 1. The zero-order valence-corrected chi connectivity index (χ0v) is 22.0. The quantitative estimate of drug-likeness (QED) is 0.502. The summed E-state index contributed by atoms with van der Waals surface area (Å²) in [6.45, 7) is 3.52. The SMILES string of the molecule is CC1CN(c2cc(S(=O)NC3(C#N)CC3)cc3c2cnn3-c2nnc(C(F)F)s2)CCN1C(=O)N(C)C. The van der Waals surface area contributed by atoms with Gasteiger partial charge in [-0.2, -0.15) is 10.4 Å². The molecule has 1 aromatic carbocycles. The van der Waals surface area contributed by atoms with E-state index in [1.807, 2.05) is 6.92 Å². The minimum Gasteiger partial charge on any atom is -0.367 e. The molecule has 0 spiro atoms. The Labute approximate surface area is 218 Å². The molecule has 2 aliphatic rings. The van der Waals surface area contributed by atoms with E-state index in [4.69, 9.17) is 0 Å². The van der Waals surface area contributed by atoms with Crippen LogP contribution < -0.4 is 9.62 Å². The number of hydrogen-bond acceptors (Lipinski definition) is 8. The Morgan fingerprint density at radius 2 is 2.08 bits per heavy atom. The number of carbonyl (C=O) groups excluding carboxylic acids is 1. The second kappa shape index (κ2) is 9.58. The van der Waals surface area contributed by atoms with Gasteiger partial charge in [0.1, 0.15) is 16.5 Å². The summed E-state index contributed by atoms with van der Waals surface area (Å²) in [6, 6.07) is 5.49. The predicted octanol–water partition coefficient (Wildman–Crippen LogP) is 2.68. The molecule has 1 saturated carbocycles. The van der Waals surface area contributed by atoms with E-state index in [9.17, 15) is 23.0 Å². The summed E-state index contributed by atoms with van der Waals surface area (Å²) in [4.78, 5) is 18.4. The molecule has 37 heavy (non-hydrogen) atoms. The molecule has 3 heterocycles. The molecule has 2 aromatic heterocycles. The van der Waals surface area contributed by atoms with E-state index >= 15 is 0 Å². The summed E-state index contributed by atoms with van der Waals surface area (Å²) >= 11 is 0.731. The molecule has 2 atom stereocenters. The van der Waals surface area contributed by atoms with Crippen LogP contribution in [-0.2, 0) is 11.0 Å². The fourth-order valence-corrected chi connectivity index (χ4v) is 6.15. The minimum absolute atomic E-state index is 0.0680. The summed E-state index contributed by atoms with van der Waals surface area (Å²) < 4.78 is 43.9. The van der Waals surface area contributed by atoms with Crippen LogP contribution in [0.2, 0.25) is 0 Å². The first kappa shape index (κ1) is 25.4. The first-order chi connectivity index (χ1) is 17.6. The fourth-order valence-electron chi connectivity index (χ4n) is 4.32. The van der Waals surface area contributed by atoms with Gasteiger partial charge in [-0.15, -0.1) is 10.2 Å². The Balaban J connectivity index is 1.55. The number of halogens is 2. The Morgan fingerprint density at radius 3 is 2.68 bits per heavy atom. The van der Waals surface area contributed by atoms with Crippen LogP contribution in [0.1, 0.15) is 31.2 Å². The molecule has 196 valence electrons. The first-order valence-electron chi connectivity index (χ1n) is 11.6. The fraction of sp³-hybridized carbons (Fsp3) is 0.500. The number of nitrogens with zero attached hydrogens (tertiary/aromatic N) is 8. The average Bonchev–Trinajstić information content (AvgIpc) is 3.26. The number of nitrogens with one attached hydrogen (secondary N) is 1. The van der Waals surface area contributed by atoms with Crippen LogP contribution in [0.15, 0.2) is 23.2 Å². The highest BCUT2D eigenvalue weighted by atomic mass is 32.2. The second-order valence-corrected chi connectivity index (χ2v) is 11.6. The molecular formula is C22H25F2N9O2S2. The van der Waals surface area contributed by atoms with Crippen LogP contribution in [-0.4, -0.2) is 85.3 Å². The molecule has 3 aromatic rings. The van der Waals surface area contributed by atoms with E-state index in [0.717, 1.165) is 22.4 Å². The number of carbonyl (C=O) groups is 1. The lowest BCUT2D eigenvalue weighted by Crippen LogP contribution is -2.56. The summed E-state index contributed by atoms with van der Waals surface area (Å²) in [5.74, 6) is 0. The van der Waals surface area contributed by atoms with Gasteiger partial charge in [-0.05, 0) is 31.9 Å². The average molecular weight is 550 g/mol. The van der Waals surface area contributed by atoms with Gasteiger partial charge in [0, 0.05) is 50.8 Å². The van der Waals surface area contributed by atoms with Gasteiger partial charge in [-0.3, -0.25) is 0 Å². The van der Waals surface area contributed by atoms with Crippen molar-refractivity contribution in [2.45, 2.75) is 42.7 Å². The van der Waals surface area contributed by atoms with E-state index in [2.05, 4.69) is 31.0 Å². The molecular weight excluding hydrogens is 524 g/mol. The number of amides is 2. The van der Waals surface area contributed by atoms with Gasteiger partial charge < -0.3 is 14.7 Å². The van der Waals surface area contributed by atoms with Gasteiger partial charge in [0.05, 0.1) is 22.7 Å². The van der Waals surface area contributed by atoms with Crippen molar-refractivity contribution in [2.24, 2.45) is 0 Å². The minimum atomic E-state index is -2.75. The molecule has 1 aliphatic carbocycles. The van der Waals surface area contributed by atoms with Crippen molar-refractivity contribution in [3.05, 3.63) is 23.3 Å².